The van der Waals surface area contributed by atoms with Crippen molar-refractivity contribution >= 4 is 15.9 Å². The molecule has 1 aromatic rings. The van der Waals surface area contributed by atoms with Gasteiger partial charge in [0.25, 0.3) is 0 Å². The highest BCUT2D eigenvalue weighted by molar-refractivity contribution is 9.10. The molecule has 2 atom stereocenters. The van der Waals surface area contributed by atoms with E-state index in [2.05, 4.69) is 47.1 Å². The Morgan fingerprint density at radius 1 is 1.50 bits per heavy atom. The Balaban J connectivity index is 2.08. The van der Waals surface area contributed by atoms with E-state index >= 15 is 0 Å². The first-order chi connectivity index (χ1) is 7.57. The lowest BCUT2D eigenvalue weighted by Gasteiger charge is -2.37. The molecule has 0 amide bonds. The molecule has 0 radical (unpaired) electrons. The van der Waals surface area contributed by atoms with Gasteiger partial charge in [-0.15, -0.1) is 0 Å². The van der Waals surface area contributed by atoms with Gasteiger partial charge in [-0.25, -0.2) is 0 Å². The van der Waals surface area contributed by atoms with E-state index in [4.69, 9.17) is 5.73 Å². The molecule has 0 saturated heterocycles. The smallest absolute Gasteiger partial charge is 0.0197 e. The standard InChI is InChI=1S/C14H20BrN/c1-11-4-3-7-14(16,9-11)10-12-5-2-6-13(15)8-12/h2,5-6,8,11H,3-4,7,9-10,16H2,1H3. The van der Waals surface area contributed by atoms with Crippen molar-refractivity contribution in [3.63, 3.8) is 0 Å². The predicted molar refractivity (Wildman–Crippen MR) is 72.4 cm³/mol. The Morgan fingerprint density at radius 2 is 2.31 bits per heavy atom. The van der Waals surface area contributed by atoms with Crippen molar-refractivity contribution in [1.29, 1.82) is 0 Å². The Hall–Kier alpha value is -0.340. The minimum absolute atomic E-state index is 0.0263. The van der Waals surface area contributed by atoms with Gasteiger partial charge in [0.2, 0.25) is 0 Å². The summed E-state index contributed by atoms with van der Waals surface area (Å²) in [7, 11) is 0. The highest BCUT2D eigenvalue weighted by Gasteiger charge is 2.30. The van der Waals surface area contributed by atoms with Crippen LogP contribution in [0.3, 0.4) is 0 Å². The van der Waals surface area contributed by atoms with Gasteiger partial charge in [0.05, 0.1) is 0 Å². The van der Waals surface area contributed by atoms with Crippen molar-refractivity contribution in [3.8, 4) is 0 Å². The molecule has 2 heteroatoms. The molecule has 1 nitrogen and oxygen atoms in total. The van der Waals surface area contributed by atoms with Gasteiger partial charge in [-0.05, 0) is 42.9 Å². The number of benzene rings is 1. The second kappa shape index (κ2) is 4.89. The minimum atomic E-state index is 0.0263. The first kappa shape index (κ1) is 12.1. The van der Waals surface area contributed by atoms with Gasteiger partial charge in [-0.1, -0.05) is 47.8 Å². The Bertz CT molecular complexity index is 364. The van der Waals surface area contributed by atoms with Crippen LogP contribution in [0.2, 0.25) is 0 Å². The topological polar surface area (TPSA) is 26.0 Å². The maximum Gasteiger partial charge on any atom is 0.0197 e. The fourth-order valence-corrected chi connectivity index (χ4v) is 3.36. The summed E-state index contributed by atoms with van der Waals surface area (Å²) >= 11 is 3.52. The van der Waals surface area contributed by atoms with E-state index in [1.54, 1.807) is 0 Å². The van der Waals surface area contributed by atoms with Gasteiger partial charge < -0.3 is 5.73 Å². The zero-order chi connectivity index (χ0) is 11.6. The van der Waals surface area contributed by atoms with Crippen molar-refractivity contribution in [1.82, 2.24) is 0 Å². The molecule has 2 unspecified atom stereocenters. The minimum Gasteiger partial charge on any atom is -0.325 e. The number of rotatable bonds is 2. The molecule has 1 aliphatic carbocycles. The van der Waals surface area contributed by atoms with Gasteiger partial charge in [0.15, 0.2) is 0 Å². The highest BCUT2D eigenvalue weighted by Crippen LogP contribution is 2.33. The molecule has 1 saturated carbocycles. The fraction of sp³-hybridized carbons (Fsp3) is 0.571. The zero-order valence-corrected chi connectivity index (χ0v) is 11.5. The largest absolute Gasteiger partial charge is 0.325 e. The quantitative estimate of drug-likeness (QED) is 0.874. The van der Waals surface area contributed by atoms with E-state index < -0.39 is 0 Å². The van der Waals surface area contributed by atoms with Gasteiger partial charge in [-0.3, -0.25) is 0 Å². The second-order valence-electron chi connectivity index (χ2n) is 5.37. The van der Waals surface area contributed by atoms with Gasteiger partial charge in [0.1, 0.15) is 0 Å². The molecule has 1 aliphatic rings. The van der Waals surface area contributed by atoms with Crippen molar-refractivity contribution in [2.24, 2.45) is 11.7 Å². The summed E-state index contributed by atoms with van der Waals surface area (Å²) in [6.07, 6.45) is 5.98. The molecular weight excluding hydrogens is 262 g/mol. The third kappa shape index (κ3) is 3.08. The number of halogens is 1. The highest BCUT2D eigenvalue weighted by atomic mass is 79.9. The molecule has 2 N–H and O–H groups in total. The fourth-order valence-electron chi connectivity index (χ4n) is 2.91. The third-order valence-electron chi connectivity index (χ3n) is 3.57. The molecule has 0 bridgehead atoms. The molecule has 1 fully saturated rings. The van der Waals surface area contributed by atoms with Crippen LogP contribution in [0.5, 0.6) is 0 Å². The van der Waals surface area contributed by atoms with Crippen LogP contribution in [0.25, 0.3) is 0 Å². The van der Waals surface area contributed by atoms with Crippen LogP contribution in [-0.2, 0) is 6.42 Å². The predicted octanol–water partition coefficient (Wildman–Crippen LogP) is 3.90. The summed E-state index contributed by atoms with van der Waals surface area (Å²) < 4.78 is 1.15. The first-order valence-electron chi connectivity index (χ1n) is 6.11. The van der Waals surface area contributed by atoms with E-state index in [0.29, 0.717) is 0 Å². The molecule has 0 aliphatic heterocycles. The maximum atomic E-state index is 6.52. The van der Waals surface area contributed by atoms with Gasteiger partial charge in [0, 0.05) is 10.0 Å². The SMILES string of the molecule is CC1CCCC(N)(Cc2cccc(Br)c2)C1. The van der Waals surface area contributed by atoms with Crippen LogP contribution < -0.4 is 5.73 Å². The normalized spacial score (nSPS) is 30.3. The second-order valence-corrected chi connectivity index (χ2v) is 6.29. The Morgan fingerprint density at radius 3 is 3.00 bits per heavy atom. The van der Waals surface area contributed by atoms with Gasteiger partial charge >= 0.3 is 0 Å². The van der Waals surface area contributed by atoms with Crippen molar-refractivity contribution < 1.29 is 0 Å². The van der Waals surface area contributed by atoms with Crippen LogP contribution in [-0.4, -0.2) is 5.54 Å². The van der Waals surface area contributed by atoms with Crippen molar-refractivity contribution in [2.45, 2.75) is 44.6 Å². The molecule has 0 spiro atoms. The lowest BCUT2D eigenvalue weighted by Crippen LogP contribution is -2.45. The Kier molecular flexibility index (Phi) is 3.70. The summed E-state index contributed by atoms with van der Waals surface area (Å²) in [4.78, 5) is 0. The summed E-state index contributed by atoms with van der Waals surface area (Å²) in [5.41, 5.74) is 7.90. The molecule has 1 aromatic carbocycles. The maximum absolute atomic E-state index is 6.52. The van der Waals surface area contributed by atoms with Crippen LogP contribution in [0.1, 0.15) is 38.2 Å². The van der Waals surface area contributed by atoms with Crippen LogP contribution in [0.15, 0.2) is 28.7 Å². The molecule has 0 heterocycles. The lowest BCUT2D eigenvalue weighted by molar-refractivity contribution is 0.235. The summed E-state index contributed by atoms with van der Waals surface area (Å²) in [6.45, 7) is 2.32. The van der Waals surface area contributed by atoms with Crippen LogP contribution >= 0.6 is 15.9 Å². The van der Waals surface area contributed by atoms with E-state index in [0.717, 1.165) is 16.8 Å². The zero-order valence-electron chi connectivity index (χ0n) is 9.88. The summed E-state index contributed by atoms with van der Waals surface area (Å²) in [5.74, 6) is 0.783. The summed E-state index contributed by atoms with van der Waals surface area (Å²) in [6, 6.07) is 8.53. The first-order valence-corrected chi connectivity index (χ1v) is 6.90. The number of hydrogen-bond acceptors (Lipinski definition) is 1. The van der Waals surface area contributed by atoms with E-state index in [1.807, 2.05) is 0 Å². The van der Waals surface area contributed by atoms with Crippen molar-refractivity contribution in [2.75, 3.05) is 0 Å². The third-order valence-corrected chi connectivity index (χ3v) is 4.07. The molecule has 88 valence electrons. The van der Waals surface area contributed by atoms with E-state index in [9.17, 15) is 0 Å². The average molecular weight is 282 g/mol. The molecule has 2 rings (SSSR count). The number of nitrogens with two attached hydrogens (primary N) is 1. The molecule has 16 heavy (non-hydrogen) atoms. The summed E-state index contributed by atoms with van der Waals surface area (Å²) in [5, 5.41) is 0. The van der Waals surface area contributed by atoms with Gasteiger partial charge in [-0.2, -0.15) is 0 Å². The van der Waals surface area contributed by atoms with Crippen LogP contribution in [0.4, 0.5) is 0 Å². The average Bonchev–Trinajstić information content (AvgIpc) is 2.16. The van der Waals surface area contributed by atoms with Crippen molar-refractivity contribution in [3.05, 3.63) is 34.3 Å². The molecular formula is C14H20BrN. The molecule has 0 aromatic heterocycles. The van der Waals surface area contributed by atoms with E-state index in [-0.39, 0.29) is 5.54 Å². The lowest BCUT2D eigenvalue weighted by atomic mass is 9.74. The number of hydrogen-bond donors (Lipinski definition) is 1. The Labute approximate surface area is 107 Å². The van der Waals surface area contributed by atoms with E-state index in [1.165, 1.54) is 31.2 Å². The monoisotopic (exact) mass is 281 g/mol. The van der Waals surface area contributed by atoms with Crippen LogP contribution in [0, 0.1) is 5.92 Å².